The third kappa shape index (κ3) is 5.93. The summed E-state index contributed by atoms with van der Waals surface area (Å²) in [5, 5.41) is 11.4. The molecule has 0 heterocycles. The molecule has 0 spiro atoms. The van der Waals surface area contributed by atoms with Crippen molar-refractivity contribution in [3.8, 4) is 0 Å². The second kappa shape index (κ2) is 6.86. The van der Waals surface area contributed by atoms with Gasteiger partial charge in [-0.2, -0.15) is 11.8 Å². The predicted octanol–water partition coefficient (Wildman–Crippen LogP) is 0.682. The quantitative estimate of drug-likeness (QED) is 0.654. The fourth-order valence-electron chi connectivity index (χ4n) is 1.15. The number of rotatable bonds is 6. The molecule has 6 heteroatoms. The largest absolute Gasteiger partial charge is 0.480 e. The smallest absolute Gasteiger partial charge is 0.326 e. The molecule has 100 valence electrons. The zero-order valence-corrected chi connectivity index (χ0v) is 11.6. The van der Waals surface area contributed by atoms with Gasteiger partial charge in [0.2, 0.25) is 5.91 Å². The Labute approximate surface area is 107 Å². The van der Waals surface area contributed by atoms with Gasteiger partial charge in [-0.15, -0.1) is 0 Å². The average molecular weight is 262 g/mol. The van der Waals surface area contributed by atoms with Gasteiger partial charge in [0.05, 0.1) is 6.04 Å². The molecule has 0 radical (unpaired) electrons. The first-order valence-corrected chi connectivity index (χ1v) is 6.87. The highest BCUT2D eigenvalue weighted by molar-refractivity contribution is 7.98. The van der Waals surface area contributed by atoms with Crippen LogP contribution in [0, 0.1) is 5.41 Å². The Morgan fingerprint density at radius 1 is 1.41 bits per heavy atom. The van der Waals surface area contributed by atoms with Crippen molar-refractivity contribution in [2.24, 2.45) is 11.1 Å². The molecule has 5 nitrogen and oxygen atoms in total. The van der Waals surface area contributed by atoms with Gasteiger partial charge in [-0.1, -0.05) is 20.8 Å². The minimum atomic E-state index is -1.02. The Balaban J connectivity index is 4.45. The van der Waals surface area contributed by atoms with E-state index in [-0.39, 0.29) is 5.41 Å². The van der Waals surface area contributed by atoms with E-state index in [9.17, 15) is 9.59 Å². The lowest BCUT2D eigenvalue weighted by molar-refractivity contribution is -0.142. The first-order valence-electron chi connectivity index (χ1n) is 5.48. The van der Waals surface area contributed by atoms with E-state index in [2.05, 4.69) is 5.32 Å². The van der Waals surface area contributed by atoms with Gasteiger partial charge >= 0.3 is 5.97 Å². The lowest BCUT2D eigenvalue weighted by atomic mass is 9.87. The van der Waals surface area contributed by atoms with E-state index in [4.69, 9.17) is 10.8 Å². The van der Waals surface area contributed by atoms with E-state index in [0.29, 0.717) is 12.2 Å². The molecule has 1 amide bonds. The van der Waals surface area contributed by atoms with E-state index in [1.54, 1.807) is 11.8 Å². The van der Waals surface area contributed by atoms with E-state index < -0.39 is 24.0 Å². The van der Waals surface area contributed by atoms with Crippen molar-refractivity contribution in [1.82, 2.24) is 5.32 Å². The predicted molar refractivity (Wildman–Crippen MR) is 70.0 cm³/mol. The number of hydrogen-bond acceptors (Lipinski definition) is 4. The van der Waals surface area contributed by atoms with Gasteiger partial charge in [-0.05, 0) is 23.8 Å². The Bertz CT molecular complexity index is 276. The van der Waals surface area contributed by atoms with Crippen LogP contribution in [0.2, 0.25) is 0 Å². The topological polar surface area (TPSA) is 92.4 Å². The van der Waals surface area contributed by atoms with Gasteiger partial charge in [0.1, 0.15) is 6.04 Å². The van der Waals surface area contributed by atoms with Crippen molar-refractivity contribution in [2.45, 2.75) is 39.3 Å². The summed E-state index contributed by atoms with van der Waals surface area (Å²) in [5.74, 6) is -0.748. The molecule has 17 heavy (non-hydrogen) atoms. The summed E-state index contributed by atoms with van der Waals surface area (Å²) < 4.78 is 0. The van der Waals surface area contributed by atoms with Crippen LogP contribution >= 0.6 is 11.8 Å². The highest BCUT2D eigenvalue weighted by Crippen LogP contribution is 2.17. The maximum absolute atomic E-state index is 11.8. The van der Waals surface area contributed by atoms with Gasteiger partial charge in [-0.3, -0.25) is 4.79 Å². The molecule has 0 saturated carbocycles. The van der Waals surface area contributed by atoms with Gasteiger partial charge in [-0.25, -0.2) is 4.79 Å². The standard InChI is InChI=1S/C11H22N2O3S/c1-11(2,3)8(12)9(14)13-7(10(15)16)5-6-17-4/h7-8H,5-6,12H2,1-4H3,(H,13,14)(H,15,16)/t7-,8-/m1/s1. The first kappa shape index (κ1) is 16.2. The minimum Gasteiger partial charge on any atom is -0.480 e. The number of amides is 1. The maximum atomic E-state index is 11.8. The zero-order chi connectivity index (χ0) is 13.6. The molecule has 2 atom stereocenters. The molecule has 0 aromatic rings. The molecule has 0 saturated heterocycles. The van der Waals surface area contributed by atoms with Crippen molar-refractivity contribution in [2.75, 3.05) is 12.0 Å². The molecule has 0 aliphatic heterocycles. The number of nitrogens with two attached hydrogens (primary N) is 1. The lowest BCUT2D eigenvalue weighted by Gasteiger charge is -2.27. The molecule has 0 fully saturated rings. The number of carbonyl (C=O) groups is 2. The molecule has 0 bridgehead atoms. The van der Waals surface area contributed by atoms with Gasteiger partial charge in [0, 0.05) is 0 Å². The summed E-state index contributed by atoms with van der Waals surface area (Å²) in [4.78, 5) is 22.7. The molecule has 0 aromatic heterocycles. The number of carbonyl (C=O) groups excluding carboxylic acids is 1. The Morgan fingerprint density at radius 3 is 2.29 bits per heavy atom. The molecule has 0 aliphatic rings. The summed E-state index contributed by atoms with van der Waals surface area (Å²) >= 11 is 1.54. The number of carboxylic acid groups (broad SMARTS) is 1. The van der Waals surface area contributed by atoms with Crippen LogP contribution in [0.1, 0.15) is 27.2 Å². The number of carboxylic acids is 1. The number of nitrogens with one attached hydrogen (secondary N) is 1. The fourth-order valence-corrected chi connectivity index (χ4v) is 1.62. The summed E-state index contributed by atoms with van der Waals surface area (Å²) in [7, 11) is 0. The van der Waals surface area contributed by atoms with Crippen molar-refractivity contribution < 1.29 is 14.7 Å². The minimum absolute atomic E-state index is 0.382. The molecular weight excluding hydrogens is 240 g/mol. The van der Waals surface area contributed by atoms with Crippen molar-refractivity contribution >= 4 is 23.6 Å². The lowest BCUT2D eigenvalue weighted by Crippen LogP contribution is -2.53. The normalized spacial score (nSPS) is 15.1. The average Bonchev–Trinajstić information content (AvgIpc) is 2.20. The van der Waals surface area contributed by atoms with E-state index in [1.807, 2.05) is 27.0 Å². The second-order valence-corrected chi connectivity index (χ2v) is 6.01. The first-order chi connectivity index (χ1) is 7.70. The van der Waals surface area contributed by atoms with Crippen molar-refractivity contribution in [3.63, 3.8) is 0 Å². The van der Waals surface area contributed by atoms with Crippen LogP contribution in [0.4, 0.5) is 0 Å². The third-order valence-electron chi connectivity index (χ3n) is 2.44. The van der Waals surface area contributed by atoms with Crippen LogP contribution < -0.4 is 11.1 Å². The zero-order valence-electron chi connectivity index (χ0n) is 10.8. The highest BCUT2D eigenvalue weighted by Gasteiger charge is 2.30. The van der Waals surface area contributed by atoms with Crippen LogP contribution in [0.25, 0.3) is 0 Å². The van der Waals surface area contributed by atoms with E-state index >= 15 is 0 Å². The van der Waals surface area contributed by atoms with E-state index in [0.717, 1.165) is 0 Å². The van der Waals surface area contributed by atoms with Gasteiger partial charge in [0.15, 0.2) is 0 Å². The molecule has 0 aliphatic carbocycles. The Hall–Kier alpha value is -0.750. The highest BCUT2D eigenvalue weighted by atomic mass is 32.2. The molecular formula is C11H22N2O3S. The van der Waals surface area contributed by atoms with Crippen molar-refractivity contribution in [1.29, 1.82) is 0 Å². The van der Waals surface area contributed by atoms with Crippen LogP contribution in [0.5, 0.6) is 0 Å². The monoisotopic (exact) mass is 262 g/mol. The molecule has 4 N–H and O–H groups in total. The molecule has 0 unspecified atom stereocenters. The Morgan fingerprint density at radius 2 is 1.94 bits per heavy atom. The van der Waals surface area contributed by atoms with Crippen LogP contribution in [0.15, 0.2) is 0 Å². The summed E-state index contributed by atoms with van der Waals surface area (Å²) in [6.45, 7) is 5.53. The summed E-state index contributed by atoms with van der Waals surface area (Å²) in [5.41, 5.74) is 5.38. The second-order valence-electron chi connectivity index (χ2n) is 5.02. The van der Waals surface area contributed by atoms with Gasteiger partial charge in [0.25, 0.3) is 0 Å². The molecule has 0 rings (SSSR count). The molecule has 0 aromatic carbocycles. The van der Waals surface area contributed by atoms with Crippen LogP contribution in [0.3, 0.4) is 0 Å². The number of thioether (sulfide) groups is 1. The van der Waals surface area contributed by atoms with Crippen molar-refractivity contribution in [3.05, 3.63) is 0 Å². The number of aliphatic carboxylic acids is 1. The maximum Gasteiger partial charge on any atom is 0.326 e. The van der Waals surface area contributed by atoms with E-state index in [1.165, 1.54) is 0 Å². The third-order valence-corrected chi connectivity index (χ3v) is 3.08. The number of hydrogen-bond donors (Lipinski definition) is 3. The SMILES string of the molecule is CSCC[C@@H](NC(=O)[C@@H](N)C(C)(C)C)C(=O)O. The summed E-state index contributed by atoms with van der Waals surface area (Å²) in [6.07, 6.45) is 2.29. The fraction of sp³-hybridized carbons (Fsp3) is 0.818. The van der Waals surface area contributed by atoms with Crippen LogP contribution in [-0.4, -0.2) is 41.1 Å². The van der Waals surface area contributed by atoms with Gasteiger partial charge < -0.3 is 16.2 Å². The van der Waals surface area contributed by atoms with Crippen LogP contribution in [-0.2, 0) is 9.59 Å². The Kier molecular flexibility index (Phi) is 6.56. The summed E-state index contributed by atoms with van der Waals surface area (Å²) in [6, 6.07) is -1.57.